The molecule has 1 N–H and O–H groups in total. The number of piperazine rings is 1. The standard InChI is InChI=1S/C28H59N3/c1-3-5-7-9-11-13-14-15-17-19-21-29-22-24-31-27-25-30(26-28-31)23-20-18-16-12-10-8-6-4-2/h29H,3-28H2,1-2H3. The molecular formula is C28H59N3. The highest BCUT2D eigenvalue weighted by molar-refractivity contribution is 4.72. The Bertz CT molecular complexity index is 339. The van der Waals surface area contributed by atoms with Crippen LogP contribution >= 0.6 is 0 Å². The van der Waals surface area contributed by atoms with Crippen LogP contribution < -0.4 is 5.32 Å². The SMILES string of the molecule is CCCCCCCCCCCCNCCN1CCN(CCCCCCCCCC)CC1. The van der Waals surface area contributed by atoms with E-state index in [1.165, 1.54) is 168 Å². The zero-order valence-corrected chi connectivity index (χ0v) is 21.8. The number of nitrogens with one attached hydrogen (secondary N) is 1. The Morgan fingerprint density at radius 2 is 0.806 bits per heavy atom. The lowest BCUT2D eigenvalue weighted by Crippen LogP contribution is -2.48. The summed E-state index contributed by atoms with van der Waals surface area (Å²) < 4.78 is 0. The van der Waals surface area contributed by atoms with Crippen LogP contribution in [0.1, 0.15) is 129 Å². The van der Waals surface area contributed by atoms with Gasteiger partial charge in [0.05, 0.1) is 0 Å². The van der Waals surface area contributed by atoms with E-state index in [9.17, 15) is 0 Å². The van der Waals surface area contributed by atoms with E-state index in [-0.39, 0.29) is 0 Å². The molecule has 0 atom stereocenters. The van der Waals surface area contributed by atoms with Crippen molar-refractivity contribution in [2.45, 2.75) is 129 Å². The Balaban J connectivity index is 1.78. The molecule has 1 heterocycles. The van der Waals surface area contributed by atoms with Crippen molar-refractivity contribution in [2.75, 3.05) is 52.4 Å². The van der Waals surface area contributed by atoms with Crippen LogP contribution in [0, 0.1) is 0 Å². The van der Waals surface area contributed by atoms with Gasteiger partial charge in [-0.1, -0.05) is 117 Å². The molecule has 1 rings (SSSR count). The molecule has 0 bridgehead atoms. The van der Waals surface area contributed by atoms with Gasteiger partial charge in [0.2, 0.25) is 0 Å². The van der Waals surface area contributed by atoms with Crippen LogP contribution in [0.5, 0.6) is 0 Å². The zero-order chi connectivity index (χ0) is 22.2. The lowest BCUT2D eigenvalue weighted by molar-refractivity contribution is 0.131. The molecule has 0 aromatic carbocycles. The zero-order valence-electron chi connectivity index (χ0n) is 21.8. The molecule has 0 saturated carbocycles. The first kappa shape index (κ1) is 28.9. The van der Waals surface area contributed by atoms with E-state index < -0.39 is 0 Å². The smallest absolute Gasteiger partial charge is 0.0110 e. The Kier molecular flexibility index (Phi) is 21.5. The van der Waals surface area contributed by atoms with E-state index in [1.54, 1.807) is 0 Å². The van der Waals surface area contributed by atoms with Crippen molar-refractivity contribution in [3.63, 3.8) is 0 Å². The second-order valence-corrected chi connectivity index (χ2v) is 10.1. The largest absolute Gasteiger partial charge is 0.315 e. The van der Waals surface area contributed by atoms with E-state index in [2.05, 4.69) is 29.0 Å². The van der Waals surface area contributed by atoms with Crippen molar-refractivity contribution in [3.05, 3.63) is 0 Å². The maximum atomic E-state index is 3.68. The minimum Gasteiger partial charge on any atom is -0.315 e. The monoisotopic (exact) mass is 437 g/mol. The number of hydrogen-bond donors (Lipinski definition) is 1. The number of rotatable bonds is 23. The van der Waals surface area contributed by atoms with Crippen LogP contribution in [0.3, 0.4) is 0 Å². The topological polar surface area (TPSA) is 18.5 Å². The van der Waals surface area contributed by atoms with Crippen LogP contribution in [0.25, 0.3) is 0 Å². The second-order valence-electron chi connectivity index (χ2n) is 10.1. The molecule has 1 fully saturated rings. The molecule has 0 aliphatic carbocycles. The predicted octanol–water partition coefficient (Wildman–Crippen LogP) is 7.26. The molecule has 0 radical (unpaired) electrons. The number of unbranched alkanes of at least 4 members (excludes halogenated alkanes) is 16. The van der Waals surface area contributed by atoms with Crippen molar-refractivity contribution in [3.8, 4) is 0 Å². The van der Waals surface area contributed by atoms with Gasteiger partial charge in [-0.25, -0.2) is 0 Å². The van der Waals surface area contributed by atoms with Crippen LogP contribution in [0.2, 0.25) is 0 Å². The number of hydrogen-bond acceptors (Lipinski definition) is 3. The molecule has 31 heavy (non-hydrogen) atoms. The average Bonchev–Trinajstić information content (AvgIpc) is 2.79. The normalized spacial score (nSPS) is 15.7. The van der Waals surface area contributed by atoms with Gasteiger partial charge in [0.25, 0.3) is 0 Å². The van der Waals surface area contributed by atoms with Gasteiger partial charge in [-0.3, -0.25) is 4.90 Å². The Labute approximate surface area is 197 Å². The van der Waals surface area contributed by atoms with Crippen molar-refractivity contribution >= 4 is 0 Å². The molecule has 186 valence electrons. The molecule has 0 aromatic heterocycles. The summed E-state index contributed by atoms with van der Waals surface area (Å²) >= 11 is 0. The third kappa shape index (κ3) is 19.1. The highest BCUT2D eigenvalue weighted by Crippen LogP contribution is 2.11. The summed E-state index contributed by atoms with van der Waals surface area (Å²) in [5.41, 5.74) is 0. The Hall–Kier alpha value is -0.120. The van der Waals surface area contributed by atoms with Gasteiger partial charge < -0.3 is 10.2 Å². The van der Waals surface area contributed by atoms with Gasteiger partial charge in [-0.05, 0) is 25.9 Å². The summed E-state index contributed by atoms with van der Waals surface area (Å²) in [6.07, 6.45) is 25.8. The summed E-state index contributed by atoms with van der Waals surface area (Å²) in [5.74, 6) is 0. The molecule has 1 saturated heterocycles. The van der Waals surface area contributed by atoms with Crippen LogP contribution in [0.4, 0.5) is 0 Å². The van der Waals surface area contributed by atoms with Gasteiger partial charge in [0.1, 0.15) is 0 Å². The maximum Gasteiger partial charge on any atom is 0.0110 e. The van der Waals surface area contributed by atoms with E-state index in [4.69, 9.17) is 0 Å². The van der Waals surface area contributed by atoms with E-state index in [1.807, 2.05) is 0 Å². The van der Waals surface area contributed by atoms with Crippen molar-refractivity contribution in [2.24, 2.45) is 0 Å². The summed E-state index contributed by atoms with van der Waals surface area (Å²) in [6.45, 7) is 14.7. The molecule has 0 aromatic rings. The van der Waals surface area contributed by atoms with Crippen LogP contribution in [-0.4, -0.2) is 62.2 Å². The third-order valence-electron chi connectivity index (χ3n) is 7.10. The minimum atomic E-state index is 1.18. The van der Waals surface area contributed by atoms with Crippen molar-refractivity contribution in [1.82, 2.24) is 15.1 Å². The molecule has 1 aliphatic heterocycles. The average molecular weight is 438 g/mol. The van der Waals surface area contributed by atoms with E-state index in [0.29, 0.717) is 0 Å². The highest BCUT2D eigenvalue weighted by Gasteiger charge is 2.15. The van der Waals surface area contributed by atoms with Gasteiger partial charge in [0.15, 0.2) is 0 Å². The molecule has 0 unspecified atom stereocenters. The second kappa shape index (κ2) is 23.1. The van der Waals surface area contributed by atoms with Gasteiger partial charge in [-0.15, -0.1) is 0 Å². The van der Waals surface area contributed by atoms with E-state index in [0.717, 1.165) is 0 Å². The molecule has 0 amide bonds. The van der Waals surface area contributed by atoms with E-state index >= 15 is 0 Å². The highest BCUT2D eigenvalue weighted by atomic mass is 15.3. The fourth-order valence-electron chi connectivity index (χ4n) is 4.81. The molecule has 3 heteroatoms. The van der Waals surface area contributed by atoms with Gasteiger partial charge >= 0.3 is 0 Å². The summed E-state index contributed by atoms with van der Waals surface area (Å²) in [6, 6.07) is 0. The lowest BCUT2D eigenvalue weighted by Gasteiger charge is -2.34. The van der Waals surface area contributed by atoms with Crippen LogP contribution in [-0.2, 0) is 0 Å². The molecular weight excluding hydrogens is 378 g/mol. The van der Waals surface area contributed by atoms with Crippen molar-refractivity contribution in [1.29, 1.82) is 0 Å². The maximum absolute atomic E-state index is 3.68. The predicted molar refractivity (Wildman–Crippen MR) is 140 cm³/mol. The molecule has 1 aliphatic rings. The van der Waals surface area contributed by atoms with Crippen LogP contribution in [0.15, 0.2) is 0 Å². The summed E-state index contributed by atoms with van der Waals surface area (Å²) in [5, 5.41) is 3.68. The minimum absolute atomic E-state index is 1.18. The summed E-state index contributed by atoms with van der Waals surface area (Å²) in [4.78, 5) is 5.36. The first-order chi connectivity index (χ1) is 15.4. The van der Waals surface area contributed by atoms with Gasteiger partial charge in [0, 0.05) is 39.3 Å². The van der Waals surface area contributed by atoms with Gasteiger partial charge in [-0.2, -0.15) is 0 Å². The molecule has 3 nitrogen and oxygen atoms in total. The Morgan fingerprint density at radius 3 is 1.29 bits per heavy atom. The van der Waals surface area contributed by atoms with Crippen molar-refractivity contribution < 1.29 is 0 Å². The fraction of sp³-hybridized carbons (Fsp3) is 1.00. The fourth-order valence-corrected chi connectivity index (χ4v) is 4.81. The summed E-state index contributed by atoms with van der Waals surface area (Å²) in [7, 11) is 0. The first-order valence-electron chi connectivity index (χ1n) is 14.5. The number of nitrogens with zero attached hydrogens (tertiary/aromatic N) is 2. The lowest BCUT2D eigenvalue weighted by atomic mass is 10.1. The first-order valence-corrected chi connectivity index (χ1v) is 14.5. The quantitative estimate of drug-likeness (QED) is 0.170. The third-order valence-corrected chi connectivity index (χ3v) is 7.10. The molecule has 0 spiro atoms. The Morgan fingerprint density at radius 1 is 0.419 bits per heavy atom.